The third kappa shape index (κ3) is 2.93. The molecule has 1 amide bonds. The molecule has 2 N–H and O–H groups in total. The van der Waals surface area contributed by atoms with E-state index in [4.69, 9.17) is 0 Å². The molecule has 2 atom stereocenters. The highest BCUT2D eigenvalue weighted by atomic mass is 35.5. The van der Waals surface area contributed by atoms with E-state index in [-0.39, 0.29) is 31.3 Å². The number of carbonyl (C=O) groups excluding carboxylic acids is 1. The van der Waals surface area contributed by atoms with Crippen LogP contribution in [-0.2, 0) is 11.8 Å². The monoisotopic (exact) mass is 248 g/mol. The van der Waals surface area contributed by atoms with Gasteiger partial charge >= 0.3 is 0 Å². The lowest BCUT2D eigenvalue weighted by molar-refractivity contribution is -0.117. The fourth-order valence-corrected chi connectivity index (χ4v) is 1.61. The van der Waals surface area contributed by atoms with Crippen molar-refractivity contribution in [3.8, 4) is 0 Å². The van der Waals surface area contributed by atoms with Crippen molar-refractivity contribution in [2.45, 2.75) is 18.6 Å². The predicted octanol–water partition coefficient (Wildman–Crippen LogP) is 0.480. The number of aryl methyl sites for hydroxylation is 1. The molecule has 0 bridgehead atoms. The Balaban J connectivity index is 0.00000128. The van der Waals surface area contributed by atoms with Crippen LogP contribution in [0.2, 0.25) is 0 Å². The van der Waals surface area contributed by atoms with Gasteiger partial charge < -0.3 is 10.6 Å². The van der Waals surface area contributed by atoms with Crippen LogP contribution in [0.1, 0.15) is 6.42 Å². The van der Waals surface area contributed by atoms with Crippen LogP contribution in [0.5, 0.6) is 0 Å². The SMILES string of the molecule is Cl.Cn1cc(NC(=O)[C@H]2C[C@H](F)CN2)cn1. The van der Waals surface area contributed by atoms with Crippen molar-refractivity contribution in [2.24, 2.45) is 7.05 Å². The molecule has 7 heteroatoms. The normalized spacial score (nSPS) is 23.9. The largest absolute Gasteiger partial charge is 0.322 e. The minimum absolute atomic E-state index is 0. The highest BCUT2D eigenvalue weighted by molar-refractivity contribution is 5.94. The Labute approximate surface area is 98.8 Å². The molecule has 1 aromatic heterocycles. The third-order valence-corrected chi connectivity index (χ3v) is 2.37. The molecule has 2 rings (SSSR count). The van der Waals surface area contributed by atoms with Crippen molar-refractivity contribution in [3.63, 3.8) is 0 Å². The van der Waals surface area contributed by atoms with Crippen LogP contribution >= 0.6 is 12.4 Å². The zero-order chi connectivity index (χ0) is 10.8. The van der Waals surface area contributed by atoms with Gasteiger partial charge in [0.25, 0.3) is 0 Å². The molecule has 0 radical (unpaired) electrons. The van der Waals surface area contributed by atoms with Gasteiger partial charge in [0.1, 0.15) is 6.17 Å². The molecule has 0 aliphatic carbocycles. The molecule has 1 saturated heterocycles. The van der Waals surface area contributed by atoms with E-state index in [1.54, 1.807) is 24.1 Å². The van der Waals surface area contributed by atoms with Crippen molar-refractivity contribution in [1.29, 1.82) is 0 Å². The van der Waals surface area contributed by atoms with Crippen LogP contribution in [0.3, 0.4) is 0 Å². The summed E-state index contributed by atoms with van der Waals surface area (Å²) in [5, 5.41) is 9.41. The van der Waals surface area contributed by atoms with Crippen LogP contribution in [0.4, 0.5) is 10.1 Å². The zero-order valence-corrected chi connectivity index (χ0v) is 9.63. The maximum absolute atomic E-state index is 12.8. The average Bonchev–Trinajstić information content (AvgIpc) is 2.75. The lowest BCUT2D eigenvalue weighted by Gasteiger charge is -2.08. The number of nitrogens with one attached hydrogen (secondary N) is 2. The van der Waals surface area contributed by atoms with Crippen LogP contribution in [0.15, 0.2) is 12.4 Å². The molecule has 90 valence electrons. The molecule has 0 aromatic carbocycles. The summed E-state index contributed by atoms with van der Waals surface area (Å²) in [4.78, 5) is 11.6. The number of carbonyl (C=O) groups is 1. The number of anilines is 1. The Bertz CT molecular complexity index is 370. The van der Waals surface area contributed by atoms with Gasteiger partial charge in [-0.25, -0.2) is 4.39 Å². The second kappa shape index (κ2) is 5.27. The van der Waals surface area contributed by atoms with Crippen LogP contribution < -0.4 is 10.6 Å². The quantitative estimate of drug-likeness (QED) is 0.801. The Morgan fingerprint density at radius 2 is 2.50 bits per heavy atom. The Hall–Kier alpha value is -1.14. The molecule has 1 aliphatic rings. The molecule has 1 aromatic rings. The summed E-state index contributed by atoms with van der Waals surface area (Å²) in [6.07, 6.45) is 2.57. The number of rotatable bonds is 2. The van der Waals surface area contributed by atoms with Gasteiger partial charge in [-0.1, -0.05) is 0 Å². The fraction of sp³-hybridized carbons (Fsp3) is 0.556. The van der Waals surface area contributed by atoms with Gasteiger partial charge in [0, 0.05) is 26.2 Å². The summed E-state index contributed by atoms with van der Waals surface area (Å²) in [7, 11) is 1.76. The van der Waals surface area contributed by atoms with Crippen LogP contribution in [-0.4, -0.2) is 34.4 Å². The van der Waals surface area contributed by atoms with E-state index < -0.39 is 12.2 Å². The number of aromatic nitrogens is 2. The first-order chi connectivity index (χ1) is 7.15. The van der Waals surface area contributed by atoms with Gasteiger partial charge in [-0.2, -0.15) is 5.10 Å². The van der Waals surface area contributed by atoms with Crippen LogP contribution in [0, 0.1) is 0 Å². The van der Waals surface area contributed by atoms with Gasteiger partial charge in [-0.3, -0.25) is 9.48 Å². The van der Waals surface area contributed by atoms with Crippen LogP contribution in [0.25, 0.3) is 0 Å². The van der Waals surface area contributed by atoms with Crippen molar-refractivity contribution in [3.05, 3.63) is 12.4 Å². The standard InChI is InChI=1S/C9H13FN4O.ClH/c1-14-5-7(4-12-14)13-9(15)8-2-6(10)3-11-8;/h4-6,8,11H,2-3H2,1H3,(H,13,15);1H/t6-,8+;/m0./s1. The highest BCUT2D eigenvalue weighted by Crippen LogP contribution is 2.12. The maximum Gasteiger partial charge on any atom is 0.241 e. The van der Waals surface area contributed by atoms with Gasteiger partial charge in [0.15, 0.2) is 0 Å². The second-order valence-corrected chi connectivity index (χ2v) is 3.69. The average molecular weight is 249 g/mol. The number of amides is 1. The molecule has 5 nitrogen and oxygen atoms in total. The number of halogens is 2. The Morgan fingerprint density at radius 3 is 3.00 bits per heavy atom. The van der Waals surface area contributed by atoms with Crippen molar-refractivity contribution < 1.29 is 9.18 Å². The molecule has 0 unspecified atom stereocenters. The van der Waals surface area contributed by atoms with Gasteiger partial charge in [-0.05, 0) is 0 Å². The Kier molecular flexibility index (Phi) is 4.26. The smallest absolute Gasteiger partial charge is 0.241 e. The first-order valence-electron chi connectivity index (χ1n) is 4.82. The summed E-state index contributed by atoms with van der Waals surface area (Å²) in [6, 6.07) is -0.430. The van der Waals surface area contributed by atoms with E-state index in [9.17, 15) is 9.18 Å². The number of nitrogens with zero attached hydrogens (tertiary/aromatic N) is 2. The van der Waals surface area contributed by atoms with Crippen molar-refractivity contribution >= 4 is 24.0 Å². The lowest BCUT2D eigenvalue weighted by Crippen LogP contribution is -2.35. The second-order valence-electron chi connectivity index (χ2n) is 3.69. The molecule has 1 fully saturated rings. The van der Waals surface area contributed by atoms with Gasteiger partial charge in [0.2, 0.25) is 5.91 Å². The molecule has 0 saturated carbocycles. The van der Waals surface area contributed by atoms with Crippen molar-refractivity contribution in [2.75, 3.05) is 11.9 Å². The summed E-state index contributed by atoms with van der Waals surface area (Å²) in [6.45, 7) is 0.255. The van der Waals surface area contributed by atoms with E-state index in [1.165, 1.54) is 0 Å². The molecular formula is C9H14ClFN4O. The molecule has 2 heterocycles. The minimum Gasteiger partial charge on any atom is -0.322 e. The first-order valence-corrected chi connectivity index (χ1v) is 4.82. The molecule has 0 spiro atoms. The molecule has 16 heavy (non-hydrogen) atoms. The summed E-state index contributed by atoms with van der Waals surface area (Å²) < 4.78 is 14.4. The minimum atomic E-state index is -0.922. The Morgan fingerprint density at radius 1 is 1.75 bits per heavy atom. The number of hydrogen-bond donors (Lipinski definition) is 2. The molecule has 1 aliphatic heterocycles. The van der Waals surface area contributed by atoms with E-state index in [0.29, 0.717) is 5.69 Å². The third-order valence-electron chi connectivity index (χ3n) is 2.37. The van der Waals surface area contributed by atoms with E-state index in [0.717, 1.165) is 0 Å². The predicted molar refractivity (Wildman–Crippen MR) is 60.4 cm³/mol. The van der Waals surface area contributed by atoms with Crippen molar-refractivity contribution in [1.82, 2.24) is 15.1 Å². The lowest BCUT2D eigenvalue weighted by atomic mass is 10.2. The summed E-state index contributed by atoms with van der Waals surface area (Å²) in [5.74, 6) is -0.205. The summed E-state index contributed by atoms with van der Waals surface area (Å²) >= 11 is 0. The molecular weight excluding hydrogens is 235 g/mol. The zero-order valence-electron chi connectivity index (χ0n) is 8.81. The fourth-order valence-electron chi connectivity index (χ4n) is 1.61. The van der Waals surface area contributed by atoms with Gasteiger partial charge in [0.05, 0.1) is 17.9 Å². The maximum atomic E-state index is 12.8. The summed E-state index contributed by atoms with van der Waals surface area (Å²) in [5.41, 5.74) is 0.631. The van der Waals surface area contributed by atoms with Gasteiger partial charge in [-0.15, -0.1) is 12.4 Å². The first kappa shape index (κ1) is 12.9. The topological polar surface area (TPSA) is 59.0 Å². The van der Waals surface area contributed by atoms with E-state index in [2.05, 4.69) is 15.7 Å². The van der Waals surface area contributed by atoms with E-state index >= 15 is 0 Å². The number of alkyl halides is 1. The van der Waals surface area contributed by atoms with E-state index in [1.807, 2.05) is 0 Å². The highest BCUT2D eigenvalue weighted by Gasteiger charge is 2.29. The number of hydrogen-bond acceptors (Lipinski definition) is 3.